The van der Waals surface area contributed by atoms with E-state index in [-0.39, 0.29) is 10.9 Å². The first-order valence-corrected chi connectivity index (χ1v) is 10.8. The van der Waals surface area contributed by atoms with E-state index >= 15 is 0 Å². The van der Waals surface area contributed by atoms with Gasteiger partial charge in [-0.1, -0.05) is 0 Å². The van der Waals surface area contributed by atoms with Gasteiger partial charge in [-0.05, 0) is 39.5 Å². The first-order chi connectivity index (χ1) is 11.3. The van der Waals surface area contributed by atoms with Gasteiger partial charge in [-0.15, -0.1) is 11.3 Å². The van der Waals surface area contributed by atoms with Crippen LogP contribution in [-0.4, -0.2) is 54.9 Å². The Bertz CT molecular complexity index is 665. The molecule has 2 fully saturated rings. The summed E-state index contributed by atoms with van der Waals surface area (Å²) < 4.78 is 37.7. The number of nitrogens with zero attached hydrogens (tertiary/aromatic N) is 2. The minimum atomic E-state index is -3.17. The average Bonchev–Trinajstić information content (AvgIpc) is 3.08. The fraction of sp³-hybridized carbons (Fsp3) is 0.812. The van der Waals surface area contributed by atoms with E-state index in [1.807, 2.05) is 12.3 Å². The molecule has 1 atom stereocenters. The summed E-state index contributed by atoms with van der Waals surface area (Å²) in [5.41, 5.74) is 0.690. The zero-order valence-corrected chi connectivity index (χ0v) is 16.2. The van der Waals surface area contributed by atoms with E-state index in [1.165, 1.54) is 0 Å². The summed E-state index contributed by atoms with van der Waals surface area (Å²) in [5, 5.41) is 2.70. The Kier molecular flexibility index (Phi) is 5.32. The van der Waals surface area contributed by atoms with Crippen molar-refractivity contribution < 1.29 is 17.9 Å². The number of aryl methyl sites for hydroxylation is 1. The third-order valence-electron chi connectivity index (χ3n) is 4.97. The number of hydrogen-bond donors (Lipinski definition) is 0. The highest BCUT2D eigenvalue weighted by Gasteiger charge is 2.56. The second-order valence-corrected chi connectivity index (χ2v) is 10.5. The van der Waals surface area contributed by atoms with E-state index in [9.17, 15) is 8.42 Å². The topological polar surface area (TPSA) is 68.7 Å². The van der Waals surface area contributed by atoms with Crippen LogP contribution in [0.3, 0.4) is 0 Å². The van der Waals surface area contributed by atoms with E-state index in [2.05, 4.69) is 4.98 Å². The van der Waals surface area contributed by atoms with Crippen molar-refractivity contribution in [3.63, 3.8) is 0 Å². The molecule has 2 aliphatic heterocycles. The maximum absolute atomic E-state index is 12.2. The average molecular weight is 375 g/mol. The van der Waals surface area contributed by atoms with Crippen molar-refractivity contribution in [2.45, 2.75) is 51.1 Å². The highest BCUT2D eigenvalue weighted by molar-refractivity contribution is 7.89. The smallest absolute Gasteiger partial charge is 0.216 e. The molecule has 3 rings (SSSR count). The number of aromatic nitrogens is 1. The SMILES string of the molecule is Cc1nc(COCCC2CCOC23CN(S(=O)(=O)C(C)C)C3)cs1. The molecule has 0 amide bonds. The van der Waals surface area contributed by atoms with Gasteiger partial charge < -0.3 is 9.47 Å². The van der Waals surface area contributed by atoms with Gasteiger partial charge in [-0.2, -0.15) is 4.31 Å². The molecule has 0 radical (unpaired) electrons. The molecule has 1 aromatic rings. The number of ether oxygens (including phenoxy) is 2. The molecule has 6 nitrogen and oxygen atoms in total. The first-order valence-electron chi connectivity index (χ1n) is 8.45. The zero-order valence-electron chi connectivity index (χ0n) is 14.5. The molecule has 1 unspecified atom stereocenters. The van der Waals surface area contributed by atoms with E-state index in [4.69, 9.17) is 9.47 Å². The van der Waals surface area contributed by atoms with Crippen LogP contribution in [0.25, 0.3) is 0 Å². The van der Waals surface area contributed by atoms with Crippen LogP contribution in [0.4, 0.5) is 0 Å². The van der Waals surface area contributed by atoms with Gasteiger partial charge >= 0.3 is 0 Å². The van der Waals surface area contributed by atoms with Crippen LogP contribution < -0.4 is 0 Å². The van der Waals surface area contributed by atoms with E-state index in [0.717, 1.165) is 23.5 Å². The molecule has 24 heavy (non-hydrogen) atoms. The minimum Gasteiger partial charge on any atom is -0.375 e. The Morgan fingerprint density at radius 3 is 2.88 bits per heavy atom. The molecule has 1 spiro atoms. The second-order valence-electron chi connectivity index (χ2n) is 6.96. The maximum atomic E-state index is 12.2. The van der Waals surface area contributed by atoms with Gasteiger partial charge in [0, 0.05) is 31.7 Å². The largest absolute Gasteiger partial charge is 0.375 e. The van der Waals surface area contributed by atoms with Gasteiger partial charge in [0.1, 0.15) is 0 Å². The molecule has 8 heteroatoms. The lowest BCUT2D eigenvalue weighted by Crippen LogP contribution is -2.66. The van der Waals surface area contributed by atoms with Gasteiger partial charge in [0.2, 0.25) is 10.0 Å². The predicted molar refractivity (Wildman–Crippen MR) is 93.5 cm³/mol. The van der Waals surface area contributed by atoms with Crippen LogP contribution in [0.1, 0.15) is 37.4 Å². The Morgan fingerprint density at radius 1 is 1.50 bits per heavy atom. The van der Waals surface area contributed by atoms with Crippen LogP contribution in [-0.2, 0) is 26.1 Å². The Morgan fingerprint density at radius 2 is 2.25 bits per heavy atom. The summed E-state index contributed by atoms with van der Waals surface area (Å²) in [7, 11) is -3.17. The molecule has 0 N–H and O–H groups in total. The van der Waals surface area contributed by atoms with Gasteiger partial charge in [0.15, 0.2) is 0 Å². The van der Waals surface area contributed by atoms with E-state index in [1.54, 1.807) is 29.5 Å². The lowest BCUT2D eigenvalue weighted by atomic mass is 9.80. The number of hydrogen-bond acceptors (Lipinski definition) is 6. The van der Waals surface area contributed by atoms with Crippen molar-refractivity contribution in [1.29, 1.82) is 0 Å². The molecule has 2 saturated heterocycles. The number of thiazole rings is 1. The zero-order chi connectivity index (χ0) is 17.4. The van der Waals surface area contributed by atoms with Crippen LogP contribution in [0.15, 0.2) is 5.38 Å². The Hall–Kier alpha value is -0.540. The molecule has 0 aromatic carbocycles. The summed E-state index contributed by atoms with van der Waals surface area (Å²) in [6, 6.07) is 0. The second kappa shape index (κ2) is 6.99. The van der Waals surface area contributed by atoms with Crippen LogP contribution in [0, 0.1) is 12.8 Å². The molecule has 0 bridgehead atoms. The first kappa shape index (κ1) is 18.3. The van der Waals surface area contributed by atoms with Crippen molar-refractivity contribution in [3.8, 4) is 0 Å². The molecule has 0 aliphatic carbocycles. The fourth-order valence-electron chi connectivity index (χ4n) is 3.45. The lowest BCUT2D eigenvalue weighted by Gasteiger charge is -2.49. The highest BCUT2D eigenvalue weighted by Crippen LogP contribution is 2.43. The number of rotatable bonds is 7. The van der Waals surface area contributed by atoms with E-state index in [0.29, 0.717) is 38.8 Å². The van der Waals surface area contributed by atoms with Crippen molar-refractivity contribution in [3.05, 3.63) is 16.1 Å². The third kappa shape index (κ3) is 3.53. The maximum Gasteiger partial charge on any atom is 0.216 e. The monoisotopic (exact) mass is 374 g/mol. The van der Waals surface area contributed by atoms with Gasteiger partial charge in [0.05, 0.1) is 28.2 Å². The van der Waals surface area contributed by atoms with Crippen molar-refractivity contribution in [2.75, 3.05) is 26.3 Å². The van der Waals surface area contributed by atoms with Gasteiger partial charge in [-0.25, -0.2) is 13.4 Å². The van der Waals surface area contributed by atoms with Crippen LogP contribution in [0.2, 0.25) is 0 Å². The lowest BCUT2D eigenvalue weighted by molar-refractivity contribution is -0.106. The normalized spacial score (nSPS) is 23.9. The Labute approximate surface area is 148 Å². The number of sulfonamides is 1. The van der Waals surface area contributed by atoms with Crippen molar-refractivity contribution in [2.24, 2.45) is 5.92 Å². The van der Waals surface area contributed by atoms with E-state index < -0.39 is 10.0 Å². The predicted octanol–water partition coefficient (Wildman–Crippen LogP) is 2.19. The van der Waals surface area contributed by atoms with Crippen LogP contribution >= 0.6 is 11.3 Å². The molecule has 3 heterocycles. The summed E-state index contributed by atoms with van der Waals surface area (Å²) in [4.78, 5) is 4.38. The Balaban J connectivity index is 1.47. The molecule has 136 valence electrons. The third-order valence-corrected chi connectivity index (χ3v) is 7.96. The molecule has 0 saturated carbocycles. The minimum absolute atomic E-state index is 0.289. The van der Waals surface area contributed by atoms with Crippen molar-refractivity contribution >= 4 is 21.4 Å². The molecule has 2 aliphatic rings. The standard InChI is InChI=1S/C16H26N2O4S2/c1-12(2)24(19,20)18-10-16(11-18)14(5-7-22-16)4-6-21-8-15-9-23-13(3)17-15/h9,12,14H,4-8,10-11H2,1-3H3. The van der Waals surface area contributed by atoms with Crippen molar-refractivity contribution in [1.82, 2.24) is 9.29 Å². The van der Waals surface area contributed by atoms with Gasteiger partial charge in [-0.3, -0.25) is 0 Å². The summed E-state index contributed by atoms with van der Waals surface area (Å²) in [5.74, 6) is 0.369. The highest BCUT2D eigenvalue weighted by atomic mass is 32.2. The van der Waals surface area contributed by atoms with Crippen LogP contribution in [0.5, 0.6) is 0 Å². The summed E-state index contributed by atoms with van der Waals surface area (Å²) in [6.45, 7) is 8.32. The summed E-state index contributed by atoms with van der Waals surface area (Å²) in [6.07, 6.45) is 1.88. The molecule has 1 aromatic heterocycles. The summed E-state index contributed by atoms with van der Waals surface area (Å²) >= 11 is 1.63. The quantitative estimate of drug-likeness (QED) is 0.684. The van der Waals surface area contributed by atoms with Gasteiger partial charge in [0.25, 0.3) is 0 Å². The molecular weight excluding hydrogens is 348 g/mol. The molecular formula is C16H26N2O4S2. The fourth-order valence-corrected chi connectivity index (χ4v) is 5.44.